The molecule has 5 nitrogen and oxygen atoms in total. The van der Waals surface area contributed by atoms with E-state index in [-0.39, 0.29) is 17.4 Å². The highest BCUT2D eigenvalue weighted by molar-refractivity contribution is 5.79. The third-order valence-electron chi connectivity index (χ3n) is 5.13. The average Bonchev–Trinajstić information content (AvgIpc) is 3.05. The third kappa shape index (κ3) is 2.95. The molecule has 1 aromatic rings. The molecule has 124 valence electrons. The van der Waals surface area contributed by atoms with Gasteiger partial charge in [0.15, 0.2) is 0 Å². The van der Waals surface area contributed by atoms with Crippen molar-refractivity contribution in [2.45, 2.75) is 31.4 Å². The summed E-state index contributed by atoms with van der Waals surface area (Å²) < 4.78 is 17.3. The molecule has 4 rings (SSSR count). The van der Waals surface area contributed by atoms with Crippen molar-refractivity contribution in [2.24, 2.45) is 5.92 Å². The molecule has 0 bridgehead atoms. The van der Waals surface area contributed by atoms with Crippen molar-refractivity contribution in [3.05, 3.63) is 29.8 Å². The van der Waals surface area contributed by atoms with Crippen LogP contribution in [-0.4, -0.2) is 49.4 Å². The minimum atomic E-state index is -0.319. The lowest BCUT2D eigenvalue weighted by Gasteiger charge is -2.39. The summed E-state index contributed by atoms with van der Waals surface area (Å²) in [5.74, 6) is 1.11. The van der Waals surface area contributed by atoms with Crippen molar-refractivity contribution in [2.75, 3.05) is 33.0 Å². The molecule has 3 heterocycles. The summed E-state index contributed by atoms with van der Waals surface area (Å²) in [6.45, 7) is 3.88. The predicted octanol–water partition coefficient (Wildman–Crippen LogP) is 1.99. The van der Waals surface area contributed by atoms with Gasteiger partial charge < -0.3 is 19.1 Å². The van der Waals surface area contributed by atoms with Crippen LogP contribution in [0.25, 0.3) is 0 Å². The fraction of sp³-hybridized carbons (Fsp3) is 0.611. The number of fused-ring (bicyclic) bond motifs is 1. The van der Waals surface area contributed by atoms with E-state index in [0.717, 1.165) is 30.6 Å². The predicted molar refractivity (Wildman–Crippen MR) is 84.2 cm³/mol. The largest absolute Gasteiger partial charge is 0.485 e. The maximum atomic E-state index is 12.9. The van der Waals surface area contributed by atoms with Crippen LogP contribution >= 0.6 is 0 Å². The van der Waals surface area contributed by atoms with Gasteiger partial charge in [-0.3, -0.25) is 4.79 Å². The minimum Gasteiger partial charge on any atom is -0.485 e. The lowest BCUT2D eigenvalue weighted by Crippen LogP contribution is -2.51. The van der Waals surface area contributed by atoms with Crippen LogP contribution in [-0.2, 0) is 20.8 Å². The van der Waals surface area contributed by atoms with Gasteiger partial charge in [-0.2, -0.15) is 0 Å². The normalized spacial score (nSPS) is 26.4. The van der Waals surface area contributed by atoms with Crippen molar-refractivity contribution in [3.63, 3.8) is 0 Å². The molecule has 1 aromatic carbocycles. The Balaban J connectivity index is 1.64. The van der Waals surface area contributed by atoms with Crippen LogP contribution in [0.2, 0.25) is 0 Å². The van der Waals surface area contributed by atoms with E-state index in [2.05, 4.69) is 6.07 Å². The molecule has 1 amide bonds. The van der Waals surface area contributed by atoms with E-state index < -0.39 is 0 Å². The van der Waals surface area contributed by atoms with Crippen LogP contribution in [0.15, 0.2) is 24.3 Å². The monoisotopic (exact) mass is 317 g/mol. The van der Waals surface area contributed by atoms with Gasteiger partial charge in [0.1, 0.15) is 11.4 Å². The van der Waals surface area contributed by atoms with Crippen molar-refractivity contribution < 1.29 is 19.0 Å². The van der Waals surface area contributed by atoms with Crippen LogP contribution in [0, 0.1) is 5.92 Å². The Morgan fingerprint density at radius 3 is 2.74 bits per heavy atom. The number of hydrogen-bond donors (Lipinski definition) is 0. The first-order valence-electron chi connectivity index (χ1n) is 8.47. The van der Waals surface area contributed by atoms with Crippen molar-refractivity contribution in [1.82, 2.24) is 4.90 Å². The lowest BCUT2D eigenvalue weighted by atomic mass is 9.92. The SMILES string of the molecule is O=C(C1CCOC1)N1Cc2ccccc2OC2(CCOCC2)C1. The Hall–Kier alpha value is -1.59. The van der Waals surface area contributed by atoms with Crippen LogP contribution in [0.5, 0.6) is 5.75 Å². The van der Waals surface area contributed by atoms with Gasteiger partial charge in [-0.25, -0.2) is 0 Å². The summed E-state index contributed by atoms with van der Waals surface area (Å²) >= 11 is 0. The second-order valence-corrected chi connectivity index (χ2v) is 6.76. The molecule has 0 radical (unpaired) electrons. The summed E-state index contributed by atoms with van der Waals surface area (Å²) in [4.78, 5) is 14.9. The minimum absolute atomic E-state index is 0.00264. The number of ether oxygens (including phenoxy) is 3. The number of carbonyl (C=O) groups is 1. The van der Waals surface area contributed by atoms with Crippen molar-refractivity contribution >= 4 is 5.91 Å². The maximum Gasteiger partial charge on any atom is 0.228 e. The molecule has 1 atom stereocenters. The molecule has 0 aromatic heterocycles. The highest BCUT2D eigenvalue weighted by Crippen LogP contribution is 2.35. The van der Waals surface area contributed by atoms with Gasteiger partial charge in [0.05, 0.1) is 32.3 Å². The van der Waals surface area contributed by atoms with Gasteiger partial charge in [0.25, 0.3) is 0 Å². The van der Waals surface area contributed by atoms with E-state index in [1.54, 1.807) is 0 Å². The second kappa shape index (κ2) is 6.13. The van der Waals surface area contributed by atoms with Crippen molar-refractivity contribution in [1.29, 1.82) is 0 Å². The zero-order chi connectivity index (χ0) is 15.7. The zero-order valence-corrected chi connectivity index (χ0v) is 13.3. The highest BCUT2D eigenvalue weighted by atomic mass is 16.5. The zero-order valence-electron chi connectivity index (χ0n) is 13.3. The molecular formula is C18H23NO4. The maximum absolute atomic E-state index is 12.9. The number of para-hydroxylation sites is 1. The summed E-state index contributed by atoms with van der Waals surface area (Å²) in [5, 5.41) is 0. The molecule has 2 fully saturated rings. The molecule has 3 aliphatic heterocycles. The standard InChI is InChI=1S/C18H23NO4/c20-17(15-5-8-22-12-15)19-11-14-3-1-2-4-16(14)23-18(13-19)6-9-21-10-7-18/h1-4,15H,5-13H2. The molecule has 0 saturated carbocycles. The third-order valence-corrected chi connectivity index (χ3v) is 5.13. The number of hydrogen-bond acceptors (Lipinski definition) is 4. The van der Waals surface area contributed by atoms with Gasteiger partial charge in [0, 0.05) is 31.6 Å². The van der Waals surface area contributed by atoms with E-state index in [0.29, 0.717) is 39.5 Å². The first kappa shape index (κ1) is 15.0. The summed E-state index contributed by atoms with van der Waals surface area (Å²) in [6, 6.07) is 8.07. The summed E-state index contributed by atoms with van der Waals surface area (Å²) in [6.07, 6.45) is 2.48. The Kier molecular flexibility index (Phi) is 3.99. The quantitative estimate of drug-likeness (QED) is 0.795. The van der Waals surface area contributed by atoms with E-state index in [4.69, 9.17) is 14.2 Å². The van der Waals surface area contributed by atoms with Gasteiger partial charge >= 0.3 is 0 Å². The van der Waals surface area contributed by atoms with Crippen LogP contribution in [0.1, 0.15) is 24.8 Å². The first-order chi connectivity index (χ1) is 11.3. The molecule has 1 unspecified atom stereocenters. The summed E-state index contributed by atoms with van der Waals surface area (Å²) in [7, 11) is 0. The molecule has 3 aliphatic rings. The van der Waals surface area contributed by atoms with Gasteiger partial charge in [0.2, 0.25) is 5.91 Å². The molecular weight excluding hydrogens is 294 g/mol. The van der Waals surface area contributed by atoms with E-state index in [1.165, 1.54) is 0 Å². The highest BCUT2D eigenvalue weighted by Gasteiger charge is 2.42. The Bertz CT molecular complexity index is 576. The van der Waals surface area contributed by atoms with Crippen LogP contribution < -0.4 is 4.74 Å². The van der Waals surface area contributed by atoms with Crippen molar-refractivity contribution in [3.8, 4) is 5.75 Å². The Labute approximate surface area is 136 Å². The number of rotatable bonds is 1. The van der Waals surface area contributed by atoms with Crippen LogP contribution in [0.4, 0.5) is 0 Å². The van der Waals surface area contributed by atoms with E-state index in [1.807, 2.05) is 23.1 Å². The van der Waals surface area contributed by atoms with Gasteiger partial charge in [-0.15, -0.1) is 0 Å². The molecule has 2 saturated heterocycles. The fourth-order valence-corrected chi connectivity index (χ4v) is 3.76. The average molecular weight is 317 g/mol. The molecule has 5 heteroatoms. The summed E-state index contributed by atoms with van der Waals surface area (Å²) in [5.41, 5.74) is 0.767. The van der Waals surface area contributed by atoms with Gasteiger partial charge in [-0.1, -0.05) is 18.2 Å². The number of amides is 1. The number of carbonyl (C=O) groups excluding carboxylic acids is 1. The van der Waals surface area contributed by atoms with Gasteiger partial charge in [-0.05, 0) is 12.5 Å². The smallest absolute Gasteiger partial charge is 0.228 e. The van der Waals surface area contributed by atoms with Crippen LogP contribution in [0.3, 0.4) is 0 Å². The Morgan fingerprint density at radius 2 is 1.96 bits per heavy atom. The molecule has 0 aliphatic carbocycles. The molecule has 23 heavy (non-hydrogen) atoms. The first-order valence-corrected chi connectivity index (χ1v) is 8.47. The second-order valence-electron chi connectivity index (χ2n) is 6.76. The lowest BCUT2D eigenvalue weighted by molar-refractivity contribution is -0.140. The fourth-order valence-electron chi connectivity index (χ4n) is 3.76. The number of benzene rings is 1. The molecule has 0 N–H and O–H groups in total. The Morgan fingerprint density at radius 1 is 1.13 bits per heavy atom. The van der Waals surface area contributed by atoms with E-state index >= 15 is 0 Å². The topological polar surface area (TPSA) is 48.0 Å². The number of nitrogens with zero attached hydrogens (tertiary/aromatic N) is 1. The van der Waals surface area contributed by atoms with E-state index in [9.17, 15) is 4.79 Å². The molecule has 1 spiro atoms.